The first-order chi connectivity index (χ1) is 34.3. The van der Waals surface area contributed by atoms with Crippen LogP contribution in [0.15, 0.2) is 176 Å². The molecule has 0 unspecified atom stereocenters. The molecule has 0 atom stereocenters. The van der Waals surface area contributed by atoms with E-state index in [4.69, 9.17) is 9.72 Å². The maximum Gasteiger partial charge on any atom is 0.267 e. The molecule has 0 saturated carbocycles. The molecule has 5 nitrogen and oxygen atoms in total. The van der Waals surface area contributed by atoms with Crippen molar-refractivity contribution in [2.45, 2.75) is 111 Å². The van der Waals surface area contributed by atoms with Crippen molar-refractivity contribution in [1.29, 1.82) is 0 Å². The van der Waals surface area contributed by atoms with E-state index in [1.54, 1.807) is 0 Å². The predicted molar refractivity (Wildman–Crippen MR) is 297 cm³/mol. The van der Waals surface area contributed by atoms with E-state index in [0.717, 1.165) is 55.8 Å². The molecule has 6 heteroatoms. The summed E-state index contributed by atoms with van der Waals surface area (Å²) in [6.45, 7) is 27.4. The predicted octanol–water partition coefficient (Wildman–Crippen LogP) is 16.5. The summed E-state index contributed by atoms with van der Waals surface area (Å²) in [7, 11) is 0. The van der Waals surface area contributed by atoms with Gasteiger partial charge in [0.15, 0.2) is 0 Å². The smallest absolute Gasteiger partial charge is 0.267 e. The molecule has 0 aliphatic carbocycles. The van der Waals surface area contributed by atoms with Crippen LogP contribution in [0.2, 0.25) is 0 Å². The topological polar surface area (TPSA) is 35.9 Å². The van der Waals surface area contributed by atoms with Gasteiger partial charge >= 0.3 is 0 Å². The number of pyridine rings is 1. The summed E-state index contributed by atoms with van der Waals surface area (Å²) in [4.78, 5) is 5.00. The molecule has 7 aromatic carbocycles. The zero-order valence-electron chi connectivity index (χ0n) is 44.3. The first kappa shape index (κ1) is 51.1. The molecule has 3 heterocycles. The van der Waals surface area contributed by atoms with Crippen molar-refractivity contribution in [1.82, 2.24) is 14.1 Å². The number of benzene rings is 7. The van der Waals surface area contributed by atoms with Gasteiger partial charge in [-0.05, 0) is 97.1 Å². The largest absolute Gasteiger partial charge is 0.510 e. The Morgan fingerprint density at radius 3 is 1.85 bits per heavy atom. The minimum atomic E-state index is -0.245. The minimum absolute atomic E-state index is 0. The van der Waals surface area contributed by atoms with Gasteiger partial charge in [0.1, 0.15) is 5.82 Å². The zero-order chi connectivity index (χ0) is 50.7. The van der Waals surface area contributed by atoms with Crippen molar-refractivity contribution >= 4 is 21.8 Å². The van der Waals surface area contributed by atoms with Gasteiger partial charge in [-0.2, -0.15) is 12.1 Å². The van der Waals surface area contributed by atoms with Crippen LogP contribution in [-0.4, -0.2) is 14.1 Å². The Bertz CT molecular complexity index is 3600. The van der Waals surface area contributed by atoms with Crippen LogP contribution in [-0.2, 0) is 42.7 Å². The number of hydrogen-bond acceptors (Lipinski definition) is 2. The van der Waals surface area contributed by atoms with Crippen molar-refractivity contribution < 1.29 is 30.4 Å². The first-order valence-electron chi connectivity index (χ1n) is 25.4. The van der Waals surface area contributed by atoms with Gasteiger partial charge in [0.05, 0.1) is 11.4 Å². The third-order valence-electron chi connectivity index (χ3n) is 14.7. The summed E-state index contributed by atoms with van der Waals surface area (Å²) < 4.78 is 13.6. The van der Waals surface area contributed by atoms with Gasteiger partial charge in [-0.15, -0.1) is 35.2 Å². The number of aromatic nitrogens is 4. The van der Waals surface area contributed by atoms with Crippen LogP contribution < -0.4 is 9.30 Å². The second-order valence-corrected chi connectivity index (χ2v) is 22.9. The number of rotatable bonds is 11. The van der Waals surface area contributed by atoms with Gasteiger partial charge in [-0.25, -0.2) is 4.98 Å². The standard InChI is InChI=1S/C67H66N4O.Pt/c1-45(2)56-27-19-20-28-57(56)46-35-52(69-43-62(65(6,7)8)70(44-69)53-38-50(64(3,4)5)37-51(39-53)67(11,12)48-25-17-14-18-26-48)41-55(36-46)72-54-31-32-59-58-29-21-22-30-60(58)71(61(59)42-54)63-40-49(33-34-68-63)66(9,10)47-23-15-13-16-24-47;/h13-40,43,45H,1-12H3;/q-2;. The van der Waals surface area contributed by atoms with E-state index in [2.05, 4.69) is 279 Å². The average Bonchev–Trinajstić information content (AvgIpc) is 3.98. The third kappa shape index (κ3) is 9.89. The Morgan fingerprint density at radius 1 is 0.548 bits per heavy atom. The minimum Gasteiger partial charge on any atom is -0.510 e. The average molecular weight is 1140 g/mol. The number of fused-ring (bicyclic) bond motifs is 3. The fourth-order valence-electron chi connectivity index (χ4n) is 10.1. The molecule has 0 bridgehead atoms. The maximum atomic E-state index is 6.99. The van der Waals surface area contributed by atoms with Crippen molar-refractivity contribution in [3.8, 4) is 39.8 Å². The summed E-state index contributed by atoms with van der Waals surface area (Å²) in [5.41, 5.74) is 13.8. The van der Waals surface area contributed by atoms with E-state index in [1.807, 2.05) is 12.3 Å². The van der Waals surface area contributed by atoms with Crippen LogP contribution in [0.4, 0.5) is 0 Å². The summed E-state index contributed by atoms with van der Waals surface area (Å²) in [6, 6.07) is 66.1. The van der Waals surface area contributed by atoms with Crippen molar-refractivity contribution in [3.05, 3.63) is 234 Å². The Labute approximate surface area is 447 Å². The number of ether oxygens (including phenoxy) is 1. The molecule has 0 spiro atoms. The molecule has 10 aromatic rings. The summed E-state index contributed by atoms with van der Waals surface area (Å²) in [5, 5.41) is 2.20. The molecule has 0 aliphatic rings. The number of nitrogens with zero attached hydrogens (tertiary/aromatic N) is 4. The van der Waals surface area contributed by atoms with Crippen LogP contribution in [0, 0.1) is 18.5 Å². The Morgan fingerprint density at radius 2 is 1.18 bits per heavy atom. The normalized spacial score (nSPS) is 12.4. The first-order valence-corrected chi connectivity index (χ1v) is 25.4. The Hall–Kier alpha value is -6.81. The van der Waals surface area contributed by atoms with Crippen molar-refractivity contribution in [2.75, 3.05) is 0 Å². The van der Waals surface area contributed by atoms with E-state index in [9.17, 15) is 0 Å². The third-order valence-corrected chi connectivity index (χ3v) is 14.7. The number of para-hydroxylation sites is 1. The second kappa shape index (κ2) is 19.6. The monoisotopic (exact) mass is 1140 g/mol. The SMILES string of the molecule is CC(C)c1ccccc1-c1cc(Oc2[c-]c3c(cc2)c2ccccc2n3-c2cc(C(C)(C)c3ccccc3)ccn2)[c-]c(-n2[c-][n+](-c3cc(C(C)(C)C)cc(C(C)(C)c4ccccc4)c3)c(C(C)(C)C)c2)c1.[Pt]. The Kier molecular flexibility index (Phi) is 13.7. The second-order valence-electron chi connectivity index (χ2n) is 22.9. The fourth-order valence-corrected chi connectivity index (χ4v) is 10.1. The summed E-state index contributed by atoms with van der Waals surface area (Å²) >= 11 is 0. The van der Waals surface area contributed by atoms with Crippen LogP contribution in [0.1, 0.15) is 128 Å². The van der Waals surface area contributed by atoms with Crippen LogP contribution in [0.3, 0.4) is 0 Å². The molecule has 0 radical (unpaired) electrons. The molecule has 0 fully saturated rings. The molecule has 3 aromatic heterocycles. The van der Waals surface area contributed by atoms with Crippen LogP contribution in [0.5, 0.6) is 11.5 Å². The molecule has 10 rings (SSSR count). The van der Waals surface area contributed by atoms with Crippen LogP contribution in [0.25, 0.3) is 50.1 Å². The molecular weight excluding hydrogens is 1070 g/mol. The molecule has 0 N–H and O–H groups in total. The molecular formula is C67H66N4OPt-2. The summed E-state index contributed by atoms with van der Waals surface area (Å²) in [6.07, 6.45) is 7.98. The Balaban J connectivity index is 0.00000656. The molecule has 0 aliphatic heterocycles. The molecule has 372 valence electrons. The van der Waals surface area contributed by atoms with E-state index < -0.39 is 0 Å². The van der Waals surface area contributed by atoms with E-state index in [-0.39, 0.29) is 42.7 Å². The number of hydrogen-bond donors (Lipinski definition) is 0. The summed E-state index contributed by atoms with van der Waals surface area (Å²) in [5.74, 6) is 2.29. The zero-order valence-corrected chi connectivity index (χ0v) is 46.6. The van der Waals surface area contributed by atoms with Gasteiger partial charge in [-0.3, -0.25) is 4.57 Å². The quantitative estimate of drug-likeness (QED) is 0.0956. The van der Waals surface area contributed by atoms with Gasteiger partial charge in [0, 0.05) is 61.3 Å². The maximum absolute atomic E-state index is 6.99. The molecule has 0 saturated heterocycles. The van der Waals surface area contributed by atoms with E-state index in [0.29, 0.717) is 17.4 Å². The molecule has 73 heavy (non-hydrogen) atoms. The van der Waals surface area contributed by atoms with E-state index in [1.165, 1.54) is 33.4 Å². The number of imidazole rings is 1. The fraction of sp³-hybridized carbons (Fsp3) is 0.254. The van der Waals surface area contributed by atoms with Gasteiger partial charge in [0.2, 0.25) is 0 Å². The van der Waals surface area contributed by atoms with Crippen molar-refractivity contribution in [3.63, 3.8) is 0 Å². The van der Waals surface area contributed by atoms with Gasteiger partial charge in [-0.1, -0.05) is 198 Å². The van der Waals surface area contributed by atoms with Crippen LogP contribution >= 0.6 is 0 Å². The van der Waals surface area contributed by atoms with Gasteiger partial charge < -0.3 is 13.9 Å². The van der Waals surface area contributed by atoms with Crippen molar-refractivity contribution in [2.24, 2.45) is 0 Å². The van der Waals surface area contributed by atoms with E-state index >= 15 is 0 Å². The molecule has 0 amide bonds. The van der Waals surface area contributed by atoms with Gasteiger partial charge in [0.25, 0.3) is 6.33 Å².